The molecule has 0 atom stereocenters. The predicted octanol–water partition coefficient (Wildman–Crippen LogP) is 4.77. The van der Waals surface area contributed by atoms with Gasteiger partial charge in [-0.25, -0.2) is 9.78 Å². The molecule has 1 aromatic carbocycles. The van der Waals surface area contributed by atoms with Gasteiger partial charge in [-0.1, -0.05) is 0 Å². The Morgan fingerprint density at radius 2 is 1.90 bits per heavy atom. The number of hydrogen-bond acceptors (Lipinski definition) is 6. The average molecular weight is 562 g/mol. The van der Waals surface area contributed by atoms with Crippen molar-refractivity contribution in [2.75, 3.05) is 53.5 Å². The number of aliphatic carboxylic acids is 1. The Balaban J connectivity index is 0.000000470. The second kappa shape index (κ2) is 12.6. The molecule has 4 aromatic rings. The van der Waals surface area contributed by atoms with Gasteiger partial charge in [-0.3, -0.25) is 0 Å². The maximum atomic E-state index is 10.6. The van der Waals surface area contributed by atoms with E-state index in [9.17, 15) is 13.2 Å². The van der Waals surface area contributed by atoms with Gasteiger partial charge < -0.3 is 33.9 Å². The minimum atomic E-state index is -5.08. The largest absolute Gasteiger partial charge is 0.493 e. The molecule has 1 saturated heterocycles. The summed E-state index contributed by atoms with van der Waals surface area (Å²) >= 11 is 0. The van der Waals surface area contributed by atoms with E-state index in [0.29, 0.717) is 6.61 Å². The number of hydrogen-bond donors (Lipinski definition) is 2. The van der Waals surface area contributed by atoms with Gasteiger partial charge in [0, 0.05) is 67.2 Å². The number of carboxylic acid groups (broad SMARTS) is 1. The van der Waals surface area contributed by atoms with Gasteiger partial charge in [-0.15, -0.1) is 0 Å². The number of rotatable bonds is 7. The van der Waals surface area contributed by atoms with Crippen LogP contribution in [0.1, 0.15) is 12.8 Å². The number of aryl methyl sites for hydroxylation is 1. The summed E-state index contributed by atoms with van der Waals surface area (Å²) in [7, 11) is 5.98. The molecule has 4 heterocycles. The van der Waals surface area contributed by atoms with Crippen LogP contribution in [0.3, 0.4) is 0 Å². The molecule has 0 spiro atoms. The number of methoxy groups -OCH3 is 1. The van der Waals surface area contributed by atoms with Crippen LogP contribution in [-0.4, -0.2) is 95.1 Å². The van der Waals surface area contributed by atoms with Crippen LogP contribution in [0.15, 0.2) is 42.7 Å². The van der Waals surface area contributed by atoms with E-state index in [1.807, 2.05) is 12.3 Å². The fourth-order valence-corrected chi connectivity index (χ4v) is 4.77. The highest BCUT2D eigenvalue weighted by atomic mass is 19.4. The molecule has 1 aliphatic rings. The van der Waals surface area contributed by atoms with Crippen molar-refractivity contribution in [2.45, 2.75) is 19.0 Å². The number of carboxylic acids is 1. The molecule has 40 heavy (non-hydrogen) atoms. The summed E-state index contributed by atoms with van der Waals surface area (Å²) in [5.41, 5.74) is 4.19. The number of nitrogens with zero attached hydrogens (tertiary/aromatic N) is 4. The zero-order valence-corrected chi connectivity index (χ0v) is 22.8. The lowest BCUT2D eigenvalue weighted by molar-refractivity contribution is -0.192. The standard InChI is InChI=1S/C26H33N5O2.C2HF3O2/c1-29-9-5-10-31(13-12-29)11-6-14-33-25-17-23-20(16-24(25)32-3)21(18-30(23)2)22-15-19-7-4-8-27-26(19)28-22;3-2(4,5)1(6)7/h4,7-8,15-18H,5-6,9-14H2,1-3H3,(H,27,28);(H,6,7). The van der Waals surface area contributed by atoms with Crippen LogP contribution in [0.2, 0.25) is 0 Å². The molecule has 0 saturated carbocycles. The van der Waals surface area contributed by atoms with E-state index in [2.05, 4.69) is 68.9 Å². The molecular weight excluding hydrogens is 527 g/mol. The molecule has 12 heteroatoms. The predicted molar refractivity (Wildman–Crippen MR) is 147 cm³/mol. The molecule has 0 bridgehead atoms. The number of carbonyl (C=O) groups is 1. The van der Waals surface area contributed by atoms with E-state index >= 15 is 0 Å². The molecule has 0 unspecified atom stereocenters. The van der Waals surface area contributed by atoms with Gasteiger partial charge in [0.15, 0.2) is 11.5 Å². The number of H-pyrrole nitrogens is 1. The van der Waals surface area contributed by atoms with E-state index < -0.39 is 12.1 Å². The van der Waals surface area contributed by atoms with Crippen molar-refractivity contribution in [3.8, 4) is 22.8 Å². The number of pyridine rings is 1. The Morgan fingerprint density at radius 1 is 1.12 bits per heavy atom. The Bertz CT molecular complexity index is 1420. The van der Waals surface area contributed by atoms with Crippen molar-refractivity contribution in [3.63, 3.8) is 0 Å². The highest BCUT2D eigenvalue weighted by Crippen LogP contribution is 2.38. The first-order chi connectivity index (χ1) is 19.1. The van der Waals surface area contributed by atoms with E-state index in [-0.39, 0.29) is 0 Å². The monoisotopic (exact) mass is 561 g/mol. The number of likely N-dealkylation sites (N-methyl/N-ethyl adjacent to an activating group) is 1. The molecule has 2 N–H and O–H groups in total. The first-order valence-electron chi connectivity index (χ1n) is 13.0. The van der Waals surface area contributed by atoms with Gasteiger partial charge in [0.1, 0.15) is 5.65 Å². The Morgan fingerprint density at radius 3 is 2.60 bits per heavy atom. The SMILES string of the molecule is COc1cc2c(-c3cc4cccnc4[nH]3)cn(C)c2cc1OCCCN1CCCN(C)CC1.O=C(O)C(F)(F)F. The smallest absolute Gasteiger partial charge is 0.490 e. The lowest BCUT2D eigenvalue weighted by Gasteiger charge is -2.20. The van der Waals surface area contributed by atoms with Gasteiger partial charge in [0.2, 0.25) is 0 Å². The van der Waals surface area contributed by atoms with Crippen LogP contribution in [0.5, 0.6) is 11.5 Å². The van der Waals surface area contributed by atoms with Gasteiger partial charge in [0.25, 0.3) is 0 Å². The van der Waals surface area contributed by atoms with Crippen LogP contribution in [-0.2, 0) is 11.8 Å². The highest BCUT2D eigenvalue weighted by Gasteiger charge is 2.38. The van der Waals surface area contributed by atoms with E-state index in [4.69, 9.17) is 19.4 Å². The molecule has 0 aliphatic carbocycles. The van der Waals surface area contributed by atoms with Crippen molar-refractivity contribution < 1.29 is 32.5 Å². The first-order valence-corrected chi connectivity index (χ1v) is 13.0. The van der Waals surface area contributed by atoms with Crippen molar-refractivity contribution in [2.24, 2.45) is 7.05 Å². The van der Waals surface area contributed by atoms with Crippen LogP contribution < -0.4 is 9.47 Å². The Labute approximate surface area is 230 Å². The normalized spacial score (nSPS) is 15.1. The lowest BCUT2D eigenvalue weighted by atomic mass is 10.1. The molecule has 216 valence electrons. The van der Waals surface area contributed by atoms with Gasteiger partial charge >= 0.3 is 12.1 Å². The van der Waals surface area contributed by atoms with Gasteiger partial charge in [-0.2, -0.15) is 13.2 Å². The maximum absolute atomic E-state index is 10.6. The fourth-order valence-electron chi connectivity index (χ4n) is 4.77. The minimum absolute atomic E-state index is 0.680. The van der Waals surface area contributed by atoms with E-state index in [1.165, 1.54) is 19.5 Å². The molecule has 5 rings (SSSR count). The third-order valence-electron chi connectivity index (χ3n) is 6.89. The second-order valence-electron chi connectivity index (χ2n) is 9.80. The third kappa shape index (κ3) is 7.05. The third-order valence-corrected chi connectivity index (χ3v) is 6.89. The summed E-state index contributed by atoms with van der Waals surface area (Å²) in [6, 6.07) is 10.4. The van der Waals surface area contributed by atoms with Crippen LogP contribution in [0, 0.1) is 0 Å². The number of benzene rings is 1. The number of aromatic nitrogens is 3. The van der Waals surface area contributed by atoms with Crippen molar-refractivity contribution in [1.82, 2.24) is 24.3 Å². The number of halogens is 3. The number of aromatic amines is 1. The van der Waals surface area contributed by atoms with Crippen molar-refractivity contribution in [3.05, 3.63) is 42.7 Å². The van der Waals surface area contributed by atoms with Crippen LogP contribution in [0.4, 0.5) is 13.2 Å². The van der Waals surface area contributed by atoms with E-state index in [1.54, 1.807) is 7.11 Å². The first kappa shape index (κ1) is 29.2. The van der Waals surface area contributed by atoms with Crippen molar-refractivity contribution in [1.29, 1.82) is 0 Å². The van der Waals surface area contributed by atoms with Gasteiger partial charge in [-0.05, 0) is 57.2 Å². The van der Waals surface area contributed by atoms with Gasteiger partial charge in [0.05, 0.1) is 19.2 Å². The second-order valence-corrected chi connectivity index (χ2v) is 9.80. The fraction of sp³-hybridized carbons (Fsp3) is 0.429. The topological polar surface area (TPSA) is 95.9 Å². The number of alkyl halides is 3. The maximum Gasteiger partial charge on any atom is 0.490 e. The number of fused-ring (bicyclic) bond motifs is 2. The quantitative estimate of drug-likeness (QED) is 0.314. The molecular formula is C28H34F3N5O4. The Hall–Kier alpha value is -3.77. The van der Waals surface area contributed by atoms with Crippen molar-refractivity contribution >= 4 is 27.9 Å². The summed E-state index contributed by atoms with van der Waals surface area (Å²) in [4.78, 5) is 21.7. The summed E-state index contributed by atoms with van der Waals surface area (Å²) < 4.78 is 45.8. The Kier molecular flexibility index (Phi) is 9.21. The molecule has 9 nitrogen and oxygen atoms in total. The molecule has 0 amide bonds. The molecule has 1 aliphatic heterocycles. The zero-order valence-electron chi connectivity index (χ0n) is 22.8. The summed E-state index contributed by atoms with van der Waals surface area (Å²) in [6.07, 6.45) is 1.12. The summed E-state index contributed by atoms with van der Waals surface area (Å²) in [5.74, 6) is -1.19. The van der Waals surface area contributed by atoms with Crippen LogP contribution in [0.25, 0.3) is 33.2 Å². The average Bonchev–Trinajstić information content (AvgIpc) is 3.41. The number of nitrogens with one attached hydrogen (secondary N) is 1. The molecule has 0 radical (unpaired) electrons. The lowest BCUT2D eigenvalue weighted by Crippen LogP contribution is -2.30. The molecule has 3 aromatic heterocycles. The zero-order chi connectivity index (χ0) is 28.9. The summed E-state index contributed by atoms with van der Waals surface area (Å²) in [5, 5.41) is 9.36. The summed E-state index contributed by atoms with van der Waals surface area (Å²) in [6.45, 7) is 6.40. The minimum Gasteiger partial charge on any atom is -0.493 e. The van der Waals surface area contributed by atoms with Crippen LogP contribution >= 0.6 is 0 Å². The highest BCUT2D eigenvalue weighted by molar-refractivity contribution is 5.99. The van der Waals surface area contributed by atoms with E-state index in [0.717, 1.165) is 70.7 Å². The number of ether oxygens (including phenoxy) is 2. The molecule has 1 fully saturated rings.